The van der Waals surface area contributed by atoms with Gasteiger partial charge in [-0.3, -0.25) is 4.79 Å². The average molecular weight is 342 g/mol. The van der Waals surface area contributed by atoms with Gasteiger partial charge in [0.05, 0.1) is 0 Å². The summed E-state index contributed by atoms with van der Waals surface area (Å²) in [6.45, 7) is 4.81. The first kappa shape index (κ1) is 17.1. The van der Waals surface area contributed by atoms with Gasteiger partial charge in [-0.15, -0.1) is 0 Å². The number of aliphatic carboxylic acids is 1. The average Bonchev–Trinajstić information content (AvgIpc) is 2.91. The molecule has 4 aliphatic rings. The summed E-state index contributed by atoms with van der Waals surface area (Å²) in [5.41, 5.74) is 2.01. The lowest BCUT2D eigenvalue weighted by Crippen LogP contribution is -2.48. The maximum atomic E-state index is 11.8. The fraction of sp³-hybridized carbons (Fsp3) is 0.727. The van der Waals surface area contributed by atoms with Crippen LogP contribution in [0.25, 0.3) is 0 Å². The fourth-order valence-electron chi connectivity index (χ4n) is 6.94. The van der Waals surface area contributed by atoms with Crippen LogP contribution >= 0.6 is 0 Å². The third-order valence-corrected chi connectivity index (χ3v) is 8.44. The SMILES string of the molecule is C[C@]12CC[C@H]3[C@@H](C=CC4=CCCC[C@@]43C)[C@@H]1CC[C@@H]2CC(=O)C(=O)O. The van der Waals surface area contributed by atoms with Crippen LogP contribution in [0.2, 0.25) is 0 Å². The lowest BCUT2D eigenvalue weighted by molar-refractivity contribution is -0.150. The molecule has 0 bridgehead atoms. The Kier molecular flexibility index (Phi) is 3.97. The summed E-state index contributed by atoms with van der Waals surface area (Å²) in [4.78, 5) is 22.8. The predicted octanol–water partition coefficient (Wildman–Crippen LogP) is 4.78. The summed E-state index contributed by atoms with van der Waals surface area (Å²) in [6.07, 6.45) is 15.9. The molecule has 3 nitrogen and oxygen atoms in total. The van der Waals surface area contributed by atoms with E-state index in [2.05, 4.69) is 32.1 Å². The Hall–Kier alpha value is -1.38. The molecule has 0 aromatic rings. The molecule has 0 radical (unpaired) electrons. The first-order valence-corrected chi connectivity index (χ1v) is 10.0. The Morgan fingerprint density at radius 2 is 1.96 bits per heavy atom. The van der Waals surface area contributed by atoms with Crippen LogP contribution in [0.4, 0.5) is 0 Å². The molecular weight excluding hydrogens is 312 g/mol. The van der Waals surface area contributed by atoms with Crippen LogP contribution in [0.1, 0.15) is 65.2 Å². The smallest absolute Gasteiger partial charge is 0.372 e. The summed E-state index contributed by atoms with van der Waals surface area (Å²) in [7, 11) is 0. The Morgan fingerprint density at radius 1 is 1.16 bits per heavy atom. The monoisotopic (exact) mass is 342 g/mol. The van der Waals surface area contributed by atoms with Crippen LogP contribution in [0.15, 0.2) is 23.8 Å². The van der Waals surface area contributed by atoms with Crippen LogP contribution in [0, 0.1) is 34.5 Å². The van der Waals surface area contributed by atoms with Crippen molar-refractivity contribution in [2.24, 2.45) is 34.5 Å². The molecule has 0 aromatic heterocycles. The highest BCUT2D eigenvalue weighted by atomic mass is 16.4. The second-order valence-electron chi connectivity index (χ2n) is 9.37. The molecule has 6 atom stereocenters. The number of allylic oxidation sites excluding steroid dienone is 4. The zero-order valence-electron chi connectivity index (χ0n) is 15.5. The van der Waals surface area contributed by atoms with Crippen LogP contribution in [-0.4, -0.2) is 16.9 Å². The topological polar surface area (TPSA) is 54.4 Å². The normalized spacial score (nSPS) is 45.1. The van der Waals surface area contributed by atoms with E-state index in [1.54, 1.807) is 5.57 Å². The van der Waals surface area contributed by atoms with Gasteiger partial charge in [0.15, 0.2) is 0 Å². The fourth-order valence-corrected chi connectivity index (χ4v) is 6.94. The number of carbonyl (C=O) groups is 2. The zero-order valence-corrected chi connectivity index (χ0v) is 15.5. The molecule has 0 aliphatic heterocycles. The summed E-state index contributed by atoms with van der Waals surface area (Å²) < 4.78 is 0. The third-order valence-electron chi connectivity index (χ3n) is 8.44. The maximum Gasteiger partial charge on any atom is 0.372 e. The van der Waals surface area contributed by atoms with Crippen molar-refractivity contribution < 1.29 is 14.7 Å². The molecule has 136 valence electrons. The van der Waals surface area contributed by atoms with Crippen LogP contribution in [0.5, 0.6) is 0 Å². The molecular formula is C22H30O3. The minimum absolute atomic E-state index is 0.128. The van der Waals surface area contributed by atoms with Gasteiger partial charge in [-0.05, 0) is 85.0 Å². The second-order valence-corrected chi connectivity index (χ2v) is 9.37. The van der Waals surface area contributed by atoms with Crippen molar-refractivity contribution in [1.82, 2.24) is 0 Å². The maximum absolute atomic E-state index is 11.8. The Balaban J connectivity index is 1.61. The van der Waals surface area contributed by atoms with E-state index in [9.17, 15) is 9.59 Å². The van der Waals surface area contributed by atoms with E-state index in [1.807, 2.05) is 0 Å². The Morgan fingerprint density at radius 3 is 2.72 bits per heavy atom. The Labute approximate surface area is 150 Å². The number of hydrogen-bond donors (Lipinski definition) is 1. The van der Waals surface area contributed by atoms with Crippen LogP contribution < -0.4 is 0 Å². The van der Waals surface area contributed by atoms with E-state index in [1.165, 1.54) is 25.7 Å². The standard InChI is InChI=1S/C22H30O3/c1-21-11-4-3-5-14(21)6-8-16-17-9-7-15(13-19(23)20(24)25)22(17,2)12-10-18(16)21/h5-6,8,15-18H,3-4,7,9-13H2,1-2H3,(H,24,25)/t15-,16+,17+,18+,21+,22-/m1/s1. The van der Waals surface area contributed by atoms with Crippen LogP contribution in [0.3, 0.4) is 0 Å². The van der Waals surface area contributed by atoms with E-state index in [0.29, 0.717) is 17.3 Å². The summed E-state index contributed by atoms with van der Waals surface area (Å²) >= 11 is 0. The van der Waals surface area contributed by atoms with Crippen molar-refractivity contribution in [3.8, 4) is 0 Å². The molecule has 0 heterocycles. The number of carboxylic acid groups (broad SMARTS) is 1. The highest BCUT2D eigenvalue weighted by molar-refractivity contribution is 6.32. The van der Waals surface area contributed by atoms with E-state index >= 15 is 0 Å². The van der Waals surface area contributed by atoms with Gasteiger partial charge in [0.1, 0.15) is 0 Å². The first-order valence-electron chi connectivity index (χ1n) is 10.0. The van der Waals surface area contributed by atoms with Gasteiger partial charge >= 0.3 is 5.97 Å². The summed E-state index contributed by atoms with van der Waals surface area (Å²) in [5.74, 6) is 0.307. The van der Waals surface area contributed by atoms with Crippen molar-refractivity contribution in [3.63, 3.8) is 0 Å². The summed E-state index contributed by atoms with van der Waals surface area (Å²) in [6, 6.07) is 0. The van der Waals surface area contributed by atoms with Gasteiger partial charge in [-0.2, -0.15) is 0 Å². The first-order chi connectivity index (χ1) is 11.9. The van der Waals surface area contributed by atoms with Crippen molar-refractivity contribution >= 4 is 11.8 Å². The van der Waals surface area contributed by atoms with Crippen molar-refractivity contribution in [3.05, 3.63) is 23.8 Å². The number of carbonyl (C=O) groups excluding carboxylic acids is 1. The molecule has 25 heavy (non-hydrogen) atoms. The molecule has 0 unspecified atom stereocenters. The molecule has 1 N–H and O–H groups in total. The largest absolute Gasteiger partial charge is 0.476 e. The number of ketones is 1. The number of rotatable bonds is 3. The molecule has 0 spiro atoms. The summed E-state index contributed by atoms with van der Waals surface area (Å²) in [5, 5.41) is 9.01. The molecule has 0 amide bonds. The number of fused-ring (bicyclic) bond motifs is 5. The quantitative estimate of drug-likeness (QED) is 0.751. The van der Waals surface area contributed by atoms with E-state index in [4.69, 9.17) is 5.11 Å². The lowest BCUT2D eigenvalue weighted by Gasteiger charge is -2.56. The van der Waals surface area contributed by atoms with Crippen molar-refractivity contribution in [2.75, 3.05) is 0 Å². The lowest BCUT2D eigenvalue weighted by atomic mass is 9.48. The van der Waals surface area contributed by atoms with Crippen LogP contribution in [-0.2, 0) is 9.59 Å². The number of Topliss-reactive ketones (excluding diaryl/α,β-unsaturated/α-hetero) is 1. The zero-order chi connectivity index (χ0) is 17.8. The number of hydrogen-bond acceptors (Lipinski definition) is 2. The van der Waals surface area contributed by atoms with Gasteiger partial charge in [-0.25, -0.2) is 4.79 Å². The van der Waals surface area contributed by atoms with E-state index < -0.39 is 11.8 Å². The number of carboxylic acids is 1. The van der Waals surface area contributed by atoms with Gasteiger partial charge in [0, 0.05) is 6.42 Å². The Bertz CT molecular complexity index is 660. The van der Waals surface area contributed by atoms with E-state index in [0.717, 1.165) is 25.2 Å². The van der Waals surface area contributed by atoms with Crippen molar-refractivity contribution in [2.45, 2.75) is 65.2 Å². The highest BCUT2D eigenvalue weighted by Crippen LogP contribution is 2.65. The van der Waals surface area contributed by atoms with E-state index in [-0.39, 0.29) is 17.8 Å². The van der Waals surface area contributed by atoms with Crippen molar-refractivity contribution in [1.29, 1.82) is 0 Å². The molecule has 2 saturated carbocycles. The minimum atomic E-state index is -1.26. The molecule has 0 saturated heterocycles. The van der Waals surface area contributed by atoms with Gasteiger partial charge in [0.25, 0.3) is 0 Å². The molecule has 2 fully saturated rings. The third kappa shape index (κ3) is 2.45. The molecule has 0 aromatic carbocycles. The van der Waals surface area contributed by atoms with Gasteiger partial charge in [-0.1, -0.05) is 32.1 Å². The predicted molar refractivity (Wildman–Crippen MR) is 97.0 cm³/mol. The van der Waals surface area contributed by atoms with Gasteiger partial charge < -0.3 is 5.11 Å². The molecule has 3 heteroatoms. The highest BCUT2D eigenvalue weighted by Gasteiger charge is 2.57. The molecule has 4 aliphatic carbocycles. The molecule has 4 rings (SSSR count). The minimum Gasteiger partial charge on any atom is -0.476 e. The second kappa shape index (κ2) is 5.82. The van der Waals surface area contributed by atoms with Gasteiger partial charge in [0.2, 0.25) is 5.78 Å².